The Morgan fingerprint density at radius 1 is 0.926 bits per heavy atom. The summed E-state index contributed by atoms with van der Waals surface area (Å²) in [5.74, 6) is -2.16. The van der Waals surface area contributed by atoms with Crippen LogP contribution in [-0.2, 0) is 11.3 Å². The van der Waals surface area contributed by atoms with E-state index in [2.05, 4.69) is 25.5 Å². The number of aliphatic carboxylic acids is 1. The maximum Gasteiger partial charge on any atom is 0.358 e. The standard InChI is InChI=1S/C17H12N6O4/c24-14(25)8-23-21-12-6-5-9(7-13(12)22-23)18-16-15(17(26)27)19-10-3-1-2-4-11(10)20-16/h1-7H,8H2,(H,18,20)(H,24,25)(H,26,27). The normalized spacial score (nSPS) is 11.0. The molecule has 0 radical (unpaired) electrons. The van der Waals surface area contributed by atoms with Gasteiger partial charge in [-0.25, -0.2) is 14.8 Å². The third-order valence-electron chi connectivity index (χ3n) is 3.73. The molecule has 10 nitrogen and oxygen atoms in total. The zero-order valence-corrected chi connectivity index (χ0v) is 13.7. The highest BCUT2D eigenvalue weighted by molar-refractivity contribution is 5.95. The number of carboxylic acid groups (broad SMARTS) is 2. The second kappa shape index (κ2) is 6.33. The molecule has 27 heavy (non-hydrogen) atoms. The van der Waals surface area contributed by atoms with E-state index >= 15 is 0 Å². The van der Waals surface area contributed by atoms with E-state index in [0.717, 1.165) is 4.80 Å². The van der Waals surface area contributed by atoms with Crippen molar-refractivity contribution in [3.8, 4) is 0 Å². The van der Waals surface area contributed by atoms with Crippen LogP contribution < -0.4 is 5.32 Å². The lowest BCUT2D eigenvalue weighted by atomic mass is 10.2. The van der Waals surface area contributed by atoms with Gasteiger partial charge in [0.1, 0.15) is 11.0 Å². The van der Waals surface area contributed by atoms with Gasteiger partial charge in [-0.2, -0.15) is 15.0 Å². The first-order chi connectivity index (χ1) is 13.0. The van der Waals surface area contributed by atoms with Crippen LogP contribution in [0, 0.1) is 0 Å². The zero-order valence-electron chi connectivity index (χ0n) is 13.7. The minimum atomic E-state index is -1.20. The fourth-order valence-electron chi connectivity index (χ4n) is 2.60. The number of hydrogen-bond donors (Lipinski definition) is 3. The Balaban J connectivity index is 1.73. The lowest BCUT2D eigenvalue weighted by Gasteiger charge is -2.09. The minimum Gasteiger partial charge on any atom is -0.480 e. The summed E-state index contributed by atoms with van der Waals surface area (Å²) in [6.45, 7) is -0.350. The Hall–Kier alpha value is -4.08. The summed E-state index contributed by atoms with van der Waals surface area (Å²) in [6, 6.07) is 11.9. The van der Waals surface area contributed by atoms with Crippen molar-refractivity contribution in [2.75, 3.05) is 5.32 Å². The molecule has 10 heteroatoms. The molecule has 0 atom stereocenters. The van der Waals surface area contributed by atoms with Crippen molar-refractivity contribution in [3.63, 3.8) is 0 Å². The maximum atomic E-state index is 11.6. The smallest absolute Gasteiger partial charge is 0.358 e. The second-order valence-corrected chi connectivity index (χ2v) is 5.67. The van der Waals surface area contributed by atoms with Gasteiger partial charge in [0.05, 0.1) is 11.0 Å². The molecule has 4 rings (SSSR count). The van der Waals surface area contributed by atoms with Crippen LogP contribution in [-0.4, -0.2) is 47.1 Å². The minimum absolute atomic E-state index is 0.0958. The fourth-order valence-corrected chi connectivity index (χ4v) is 2.60. The molecule has 0 spiro atoms. The van der Waals surface area contributed by atoms with Crippen molar-refractivity contribution in [3.05, 3.63) is 48.2 Å². The monoisotopic (exact) mass is 364 g/mol. The maximum absolute atomic E-state index is 11.6. The second-order valence-electron chi connectivity index (χ2n) is 5.67. The van der Waals surface area contributed by atoms with Gasteiger partial charge in [-0.3, -0.25) is 4.79 Å². The number of nitrogens with zero attached hydrogens (tertiary/aromatic N) is 5. The average molecular weight is 364 g/mol. The van der Waals surface area contributed by atoms with E-state index < -0.39 is 11.9 Å². The third kappa shape index (κ3) is 3.23. The number of rotatable bonds is 5. The topological polar surface area (TPSA) is 143 Å². The van der Waals surface area contributed by atoms with Crippen LogP contribution >= 0.6 is 0 Å². The summed E-state index contributed by atoms with van der Waals surface area (Å²) in [6.07, 6.45) is 0. The van der Waals surface area contributed by atoms with E-state index in [-0.39, 0.29) is 18.1 Å². The van der Waals surface area contributed by atoms with Crippen LogP contribution in [0.4, 0.5) is 11.5 Å². The van der Waals surface area contributed by atoms with Crippen molar-refractivity contribution in [2.24, 2.45) is 0 Å². The van der Waals surface area contributed by atoms with Crippen LogP contribution in [0.5, 0.6) is 0 Å². The van der Waals surface area contributed by atoms with Gasteiger partial charge in [0.15, 0.2) is 18.1 Å². The molecule has 0 aliphatic heterocycles. The number of aromatic carboxylic acids is 1. The quantitative estimate of drug-likeness (QED) is 0.483. The summed E-state index contributed by atoms with van der Waals surface area (Å²) in [5, 5.41) is 29.4. The predicted molar refractivity (Wildman–Crippen MR) is 94.9 cm³/mol. The van der Waals surface area contributed by atoms with Gasteiger partial charge in [-0.15, -0.1) is 0 Å². The lowest BCUT2D eigenvalue weighted by molar-refractivity contribution is -0.138. The molecular formula is C17H12N6O4. The largest absolute Gasteiger partial charge is 0.480 e. The van der Waals surface area contributed by atoms with Gasteiger partial charge in [0.2, 0.25) is 0 Å². The first kappa shape index (κ1) is 16.4. The average Bonchev–Trinajstić information content (AvgIpc) is 3.01. The van der Waals surface area contributed by atoms with E-state index in [0.29, 0.717) is 27.8 Å². The summed E-state index contributed by atoms with van der Waals surface area (Å²) < 4.78 is 0. The Kier molecular flexibility index (Phi) is 3.84. The van der Waals surface area contributed by atoms with E-state index in [1.165, 1.54) is 0 Å². The van der Waals surface area contributed by atoms with Crippen LogP contribution in [0.2, 0.25) is 0 Å². The molecule has 0 fully saturated rings. The van der Waals surface area contributed by atoms with Crippen molar-refractivity contribution in [1.82, 2.24) is 25.0 Å². The first-order valence-electron chi connectivity index (χ1n) is 7.83. The van der Waals surface area contributed by atoms with Crippen molar-refractivity contribution < 1.29 is 19.8 Å². The summed E-state index contributed by atoms with van der Waals surface area (Å²) >= 11 is 0. The van der Waals surface area contributed by atoms with Crippen LogP contribution in [0.3, 0.4) is 0 Å². The Bertz CT molecular complexity index is 1200. The van der Waals surface area contributed by atoms with Crippen LogP contribution in [0.25, 0.3) is 22.1 Å². The van der Waals surface area contributed by atoms with E-state index in [9.17, 15) is 14.7 Å². The zero-order chi connectivity index (χ0) is 19.0. The molecule has 2 heterocycles. The number of aromatic nitrogens is 5. The molecule has 4 aromatic rings. The number of anilines is 2. The fraction of sp³-hybridized carbons (Fsp3) is 0.0588. The number of carboxylic acids is 2. The Morgan fingerprint density at radius 3 is 2.33 bits per heavy atom. The molecule has 2 aromatic carbocycles. The van der Waals surface area contributed by atoms with E-state index in [1.807, 2.05) is 0 Å². The lowest BCUT2D eigenvalue weighted by Crippen LogP contribution is -2.11. The van der Waals surface area contributed by atoms with Crippen molar-refractivity contribution in [2.45, 2.75) is 6.54 Å². The van der Waals surface area contributed by atoms with Gasteiger partial charge in [0.25, 0.3) is 0 Å². The first-order valence-corrected chi connectivity index (χ1v) is 7.83. The SMILES string of the molecule is O=C(O)Cn1nc2ccc(Nc3nc4ccccc4nc3C(=O)O)cc2n1. The highest BCUT2D eigenvalue weighted by Gasteiger charge is 2.16. The van der Waals surface area contributed by atoms with Gasteiger partial charge in [-0.05, 0) is 30.3 Å². The summed E-state index contributed by atoms with van der Waals surface area (Å²) in [5.41, 5.74) is 2.34. The van der Waals surface area contributed by atoms with Gasteiger partial charge in [0, 0.05) is 5.69 Å². The Labute approximate surface area is 151 Å². The van der Waals surface area contributed by atoms with Crippen LogP contribution in [0.1, 0.15) is 10.5 Å². The number of hydrogen-bond acceptors (Lipinski definition) is 7. The van der Waals surface area contributed by atoms with E-state index in [4.69, 9.17) is 5.11 Å². The van der Waals surface area contributed by atoms with E-state index in [1.54, 1.807) is 42.5 Å². The number of carbonyl (C=O) groups is 2. The molecule has 0 amide bonds. The highest BCUT2D eigenvalue weighted by atomic mass is 16.4. The molecule has 0 unspecified atom stereocenters. The van der Waals surface area contributed by atoms with Crippen LogP contribution in [0.15, 0.2) is 42.5 Å². The number of benzene rings is 2. The third-order valence-corrected chi connectivity index (χ3v) is 3.73. The number of fused-ring (bicyclic) bond motifs is 2. The van der Waals surface area contributed by atoms with Crippen molar-refractivity contribution >= 4 is 45.5 Å². The van der Waals surface area contributed by atoms with Gasteiger partial charge >= 0.3 is 11.9 Å². The molecule has 0 saturated carbocycles. The molecule has 0 bridgehead atoms. The molecule has 2 aromatic heterocycles. The molecule has 134 valence electrons. The molecule has 0 saturated heterocycles. The summed E-state index contributed by atoms with van der Waals surface area (Å²) in [4.78, 5) is 31.9. The molecule has 0 aliphatic carbocycles. The highest BCUT2D eigenvalue weighted by Crippen LogP contribution is 2.23. The molecule has 3 N–H and O–H groups in total. The predicted octanol–water partition coefficient (Wildman–Crippen LogP) is 1.90. The molecule has 0 aliphatic rings. The molecular weight excluding hydrogens is 352 g/mol. The van der Waals surface area contributed by atoms with Crippen molar-refractivity contribution in [1.29, 1.82) is 0 Å². The Morgan fingerprint density at radius 2 is 1.63 bits per heavy atom. The van der Waals surface area contributed by atoms with Gasteiger partial charge < -0.3 is 15.5 Å². The van der Waals surface area contributed by atoms with Gasteiger partial charge in [-0.1, -0.05) is 12.1 Å². The number of nitrogens with one attached hydrogen (secondary N) is 1. The summed E-state index contributed by atoms with van der Waals surface area (Å²) in [7, 11) is 0. The number of para-hydroxylation sites is 2.